The van der Waals surface area contributed by atoms with Crippen LogP contribution in [0.1, 0.15) is 157 Å². The molecule has 3 aliphatic rings. The number of nitrogens with one attached hydrogen (secondary N) is 1. The molecule has 1 saturated carbocycles. The van der Waals surface area contributed by atoms with Crippen LogP contribution in [0.15, 0.2) is 41.0 Å². The second kappa shape index (κ2) is 24.7. The van der Waals surface area contributed by atoms with E-state index >= 15 is 0 Å². The summed E-state index contributed by atoms with van der Waals surface area (Å²) in [5.41, 5.74) is -5.47. The van der Waals surface area contributed by atoms with E-state index < -0.39 is 95.1 Å². The van der Waals surface area contributed by atoms with Crippen LogP contribution in [0.2, 0.25) is 0 Å². The number of methoxy groups -OCH3 is 1. The minimum absolute atomic E-state index is 0.0215. The number of carbonyl (C=O) groups excluding carboxylic acids is 6. The van der Waals surface area contributed by atoms with Gasteiger partial charge in [0.05, 0.1) is 5.92 Å². The molecule has 0 spiro atoms. The van der Waals surface area contributed by atoms with Crippen molar-refractivity contribution >= 4 is 35.9 Å². The molecule has 0 radical (unpaired) electrons. The Labute approximate surface area is 407 Å². The van der Waals surface area contributed by atoms with Crippen molar-refractivity contribution in [3.05, 3.63) is 52.1 Å². The number of esters is 5. The molecule has 17 heteroatoms. The van der Waals surface area contributed by atoms with Crippen molar-refractivity contribution in [2.75, 3.05) is 20.4 Å². The lowest BCUT2D eigenvalue weighted by molar-refractivity contribution is -0.212. The topological polar surface area (TPSA) is 229 Å². The number of benzene rings is 1. The van der Waals surface area contributed by atoms with Gasteiger partial charge in [0.15, 0.2) is 36.3 Å². The average Bonchev–Trinajstić information content (AvgIpc) is 3.62. The standard InChI is InChI=1S/C52H77NO16/c1-12-15-16-17-20-23-39(55)65-44-42-41(33(5)43(44)66-46(57)32(4)13-2)45-52(61,51(10,60)47(58)67-45)38(30-50(42,9)68-34(6)54)64-40(56)27-25-35-24-26-37(63-31-62-11)36(29-35)22-19-18-21-28-53-48(59)69-49(7,8)14-3/h13,24,26,29,38,42-45,60-61H,12,14-23,25,27-28,30-31H2,1-11H3,(H,53,59)/b32-13-/t38?,42-,43?,44+,45+,50+,51-,52-/m1/s1. The molecule has 1 aromatic carbocycles. The molecule has 3 N–H and O–H groups in total. The van der Waals surface area contributed by atoms with Crippen molar-refractivity contribution in [1.82, 2.24) is 5.32 Å². The van der Waals surface area contributed by atoms with Crippen LogP contribution in [0.25, 0.3) is 0 Å². The van der Waals surface area contributed by atoms with Crippen LogP contribution in [0.4, 0.5) is 4.79 Å². The van der Waals surface area contributed by atoms with Crippen LogP contribution in [-0.4, -0.2) is 113 Å². The Kier molecular flexibility index (Phi) is 20.3. The Morgan fingerprint density at radius 1 is 0.913 bits per heavy atom. The van der Waals surface area contributed by atoms with E-state index in [-0.39, 0.29) is 42.8 Å². The maximum atomic E-state index is 14.0. The van der Waals surface area contributed by atoms with Crippen LogP contribution >= 0.6 is 0 Å². The first-order valence-electron chi connectivity index (χ1n) is 24.5. The minimum atomic E-state index is -2.69. The van der Waals surface area contributed by atoms with E-state index in [1.165, 1.54) is 21.0 Å². The summed E-state index contributed by atoms with van der Waals surface area (Å²) in [6.45, 7) is 16.7. The maximum absolute atomic E-state index is 14.0. The molecule has 1 saturated heterocycles. The zero-order valence-corrected chi connectivity index (χ0v) is 42.6. The molecule has 4 rings (SSSR count). The van der Waals surface area contributed by atoms with E-state index in [0.29, 0.717) is 31.6 Å². The number of aryl methyl sites for hydroxylation is 2. The van der Waals surface area contributed by atoms with Crippen molar-refractivity contribution in [3.8, 4) is 5.75 Å². The molecule has 1 aromatic rings. The van der Waals surface area contributed by atoms with Crippen LogP contribution in [0.3, 0.4) is 0 Å². The summed E-state index contributed by atoms with van der Waals surface area (Å²) in [4.78, 5) is 80.0. The number of fused-ring (bicyclic) bond motifs is 3. The predicted molar refractivity (Wildman–Crippen MR) is 253 cm³/mol. The Morgan fingerprint density at radius 2 is 1.59 bits per heavy atom. The molecular weight excluding hydrogens is 895 g/mol. The number of rotatable bonds is 25. The van der Waals surface area contributed by atoms with E-state index in [2.05, 4.69) is 12.2 Å². The largest absolute Gasteiger partial charge is 0.467 e. The third kappa shape index (κ3) is 13.9. The van der Waals surface area contributed by atoms with Crippen molar-refractivity contribution in [3.63, 3.8) is 0 Å². The first-order chi connectivity index (χ1) is 32.5. The highest BCUT2D eigenvalue weighted by Gasteiger charge is 2.76. The van der Waals surface area contributed by atoms with E-state index in [4.69, 9.17) is 37.9 Å². The van der Waals surface area contributed by atoms with Gasteiger partial charge in [-0.1, -0.05) is 64.2 Å². The number of aliphatic hydroxyl groups is 2. The molecule has 1 aliphatic heterocycles. The zero-order valence-electron chi connectivity index (χ0n) is 42.6. The Bertz CT molecular complexity index is 2060. The molecular formula is C52H77NO16. The van der Waals surface area contributed by atoms with Crippen LogP contribution < -0.4 is 10.1 Å². The van der Waals surface area contributed by atoms with Gasteiger partial charge >= 0.3 is 35.9 Å². The summed E-state index contributed by atoms with van der Waals surface area (Å²) in [5, 5.41) is 27.6. The molecule has 0 bridgehead atoms. The van der Waals surface area contributed by atoms with Gasteiger partial charge in [0, 0.05) is 45.4 Å². The van der Waals surface area contributed by atoms with Gasteiger partial charge < -0.3 is 53.4 Å². The number of unbranched alkanes of at least 4 members (excludes halogenated alkanes) is 6. The van der Waals surface area contributed by atoms with Crippen LogP contribution in [0, 0.1) is 5.92 Å². The molecule has 8 atom stereocenters. The van der Waals surface area contributed by atoms with Gasteiger partial charge in [0.25, 0.3) is 0 Å². The molecule has 69 heavy (non-hydrogen) atoms. The number of hydrogen-bond acceptors (Lipinski definition) is 16. The van der Waals surface area contributed by atoms with Crippen LogP contribution in [0.5, 0.6) is 5.75 Å². The molecule has 17 nitrogen and oxygen atoms in total. The van der Waals surface area contributed by atoms with Gasteiger partial charge in [-0.25, -0.2) is 14.4 Å². The first kappa shape index (κ1) is 56.6. The van der Waals surface area contributed by atoms with E-state index in [1.807, 2.05) is 26.8 Å². The van der Waals surface area contributed by atoms with E-state index in [0.717, 1.165) is 63.0 Å². The summed E-state index contributed by atoms with van der Waals surface area (Å²) >= 11 is 0. The lowest BCUT2D eigenvalue weighted by atomic mass is 9.75. The lowest BCUT2D eigenvalue weighted by Gasteiger charge is -2.41. The van der Waals surface area contributed by atoms with E-state index in [9.17, 15) is 39.0 Å². The quantitative estimate of drug-likeness (QED) is 0.0217. The fraction of sp³-hybridized carbons (Fsp3) is 0.692. The van der Waals surface area contributed by atoms with Crippen molar-refractivity contribution in [2.45, 2.75) is 206 Å². The highest BCUT2D eigenvalue weighted by molar-refractivity contribution is 5.88. The van der Waals surface area contributed by atoms with Crippen LogP contribution in [-0.2, 0) is 70.0 Å². The normalized spacial score (nSPS) is 26.5. The number of ether oxygens (including phenoxy) is 8. The second-order valence-electron chi connectivity index (χ2n) is 19.5. The van der Waals surface area contributed by atoms with Gasteiger partial charge in [0.1, 0.15) is 23.1 Å². The van der Waals surface area contributed by atoms with Crippen molar-refractivity contribution < 1.29 is 76.9 Å². The average molecular weight is 972 g/mol. The Balaban J connectivity index is 1.63. The Morgan fingerprint density at radius 3 is 2.25 bits per heavy atom. The van der Waals surface area contributed by atoms with Crippen molar-refractivity contribution in [1.29, 1.82) is 0 Å². The maximum Gasteiger partial charge on any atom is 0.407 e. The first-order valence-corrected chi connectivity index (χ1v) is 24.5. The number of alkyl carbamates (subject to hydrolysis) is 1. The molecule has 2 unspecified atom stereocenters. The fourth-order valence-electron chi connectivity index (χ4n) is 9.36. The SMILES string of the molecule is C/C=C(/C)C(=O)OC1C(C)=C2[C@H]([C@@H]1OC(=O)CCCCCCC)[C@@](C)(OC(C)=O)CC(OC(=O)CCc1ccc(OCOC)c(CCCCCNC(=O)OC(C)(C)CC)c1)[C@@]1(O)[C@H]2OC(=O)[C@@]1(C)O. The van der Waals surface area contributed by atoms with Crippen molar-refractivity contribution in [2.24, 2.45) is 5.92 Å². The number of allylic oxidation sites excluding steroid dienone is 1. The molecule has 2 fully saturated rings. The van der Waals surface area contributed by atoms with Gasteiger partial charge in [-0.2, -0.15) is 0 Å². The second-order valence-corrected chi connectivity index (χ2v) is 19.5. The highest BCUT2D eigenvalue weighted by Crippen LogP contribution is 2.57. The fourth-order valence-corrected chi connectivity index (χ4v) is 9.36. The third-order valence-corrected chi connectivity index (χ3v) is 13.7. The lowest BCUT2D eigenvalue weighted by Crippen LogP contribution is -2.64. The zero-order chi connectivity index (χ0) is 51.3. The molecule has 1 amide bonds. The monoisotopic (exact) mass is 972 g/mol. The molecule has 0 aromatic heterocycles. The number of carbonyl (C=O) groups is 6. The summed E-state index contributed by atoms with van der Waals surface area (Å²) < 4.78 is 46.6. The number of amides is 1. The minimum Gasteiger partial charge on any atom is -0.467 e. The molecule has 386 valence electrons. The van der Waals surface area contributed by atoms with Gasteiger partial charge in [-0.05, 0) is 115 Å². The van der Waals surface area contributed by atoms with Gasteiger partial charge in [0.2, 0.25) is 0 Å². The summed E-state index contributed by atoms with van der Waals surface area (Å²) in [5.74, 6) is -4.74. The summed E-state index contributed by atoms with van der Waals surface area (Å²) in [7, 11) is 1.52. The predicted octanol–water partition coefficient (Wildman–Crippen LogP) is 7.37. The van der Waals surface area contributed by atoms with Gasteiger partial charge in [-0.3, -0.25) is 14.4 Å². The molecule has 2 aliphatic carbocycles. The smallest absolute Gasteiger partial charge is 0.407 e. The molecule has 1 heterocycles. The summed E-state index contributed by atoms with van der Waals surface area (Å²) in [6, 6.07) is 5.52. The highest BCUT2D eigenvalue weighted by atomic mass is 16.7. The van der Waals surface area contributed by atoms with E-state index in [1.54, 1.807) is 39.0 Å². The third-order valence-electron chi connectivity index (χ3n) is 13.7. The van der Waals surface area contributed by atoms with Gasteiger partial charge in [-0.15, -0.1) is 0 Å². The number of hydrogen-bond donors (Lipinski definition) is 3. The summed E-state index contributed by atoms with van der Waals surface area (Å²) in [6.07, 6.45) is 2.36. The Hall–Kier alpha value is -5.00.